The smallest absolute Gasteiger partial charge is 0.339 e. The number of carbonyl (C=O) groups is 1. The molecule has 0 saturated heterocycles. The lowest BCUT2D eigenvalue weighted by molar-refractivity contribution is 0.0600. The van der Waals surface area contributed by atoms with Gasteiger partial charge in [0, 0.05) is 18.4 Å². The minimum Gasteiger partial charge on any atom is -0.465 e. The van der Waals surface area contributed by atoms with Crippen molar-refractivity contribution in [2.75, 3.05) is 7.11 Å². The van der Waals surface area contributed by atoms with Crippen LogP contribution in [0.5, 0.6) is 0 Å². The molecule has 0 aliphatic heterocycles. The molecule has 92 valence electrons. The Labute approximate surface area is 108 Å². The predicted octanol–water partition coefficient (Wildman–Crippen LogP) is 3.02. The van der Waals surface area contributed by atoms with Crippen molar-refractivity contribution < 1.29 is 9.53 Å². The van der Waals surface area contributed by atoms with Crippen LogP contribution in [0.1, 0.15) is 41.6 Å². The van der Waals surface area contributed by atoms with Crippen molar-refractivity contribution in [1.82, 2.24) is 0 Å². The van der Waals surface area contributed by atoms with Crippen molar-refractivity contribution in [1.29, 1.82) is 0 Å². The molecule has 0 radical (unpaired) electrons. The van der Waals surface area contributed by atoms with Gasteiger partial charge < -0.3 is 4.74 Å². The van der Waals surface area contributed by atoms with E-state index in [2.05, 4.69) is 17.8 Å². The molecule has 0 spiro atoms. The molecular weight excluding hydrogens is 224 g/mol. The van der Waals surface area contributed by atoms with Gasteiger partial charge in [0.05, 0.1) is 12.7 Å². The van der Waals surface area contributed by atoms with E-state index in [0.717, 1.165) is 25.7 Å². The summed E-state index contributed by atoms with van der Waals surface area (Å²) >= 11 is 0. The van der Waals surface area contributed by atoms with E-state index in [0.29, 0.717) is 11.1 Å². The molecule has 0 aliphatic rings. The lowest BCUT2D eigenvalue weighted by atomic mass is 10.1. The van der Waals surface area contributed by atoms with E-state index in [9.17, 15) is 4.79 Å². The van der Waals surface area contributed by atoms with E-state index in [-0.39, 0.29) is 5.97 Å². The molecule has 0 saturated carbocycles. The number of hydrogen-bond donors (Lipinski definition) is 0. The van der Waals surface area contributed by atoms with E-state index in [1.165, 1.54) is 7.11 Å². The summed E-state index contributed by atoms with van der Waals surface area (Å²) in [5.41, 5.74) is 1.22. The number of unbranched alkanes of at least 4 members (excludes halogenated alkanes) is 3. The van der Waals surface area contributed by atoms with Gasteiger partial charge >= 0.3 is 5.97 Å². The van der Waals surface area contributed by atoms with Crippen molar-refractivity contribution in [2.24, 2.45) is 0 Å². The Hall–Kier alpha value is -2.19. The van der Waals surface area contributed by atoms with Crippen molar-refractivity contribution in [3.05, 3.63) is 35.4 Å². The van der Waals surface area contributed by atoms with E-state index in [1.807, 2.05) is 12.1 Å². The van der Waals surface area contributed by atoms with Crippen LogP contribution in [-0.4, -0.2) is 13.1 Å². The second-order valence-corrected chi connectivity index (χ2v) is 3.75. The van der Waals surface area contributed by atoms with Gasteiger partial charge in [-0.25, -0.2) is 4.79 Å². The summed E-state index contributed by atoms with van der Waals surface area (Å²) in [4.78, 5) is 11.5. The minimum absolute atomic E-state index is 0.354. The molecule has 0 N–H and O–H groups in total. The largest absolute Gasteiger partial charge is 0.465 e. The summed E-state index contributed by atoms with van der Waals surface area (Å²) in [6, 6.07) is 7.19. The molecule has 2 nitrogen and oxygen atoms in total. The molecule has 1 rings (SSSR count). The molecule has 0 heterocycles. The average molecular weight is 240 g/mol. The monoisotopic (exact) mass is 240 g/mol. The number of benzene rings is 1. The highest BCUT2D eigenvalue weighted by atomic mass is 16.5. The maximum atomic E-state index is 11.5. The lowest BCUT2D eigenvalue weighted by Gasteiger charge is -2.01. The van der Waals surface area contributed by atoms with Crippen molar-refractivity contribution >= 4 is 5.97 Å². The zero-order valence-corrected chi connectivity index (χ0v) is 10.5. The molecule has 18 heavy (non-hydrogen) atoms. The number of methoxy groups -OCH3 is 1. The zero-order valence-electron chi connectivity index (χ0n) is 10.5. The lowest BCUT2D eigenvalue weighted by Crippen LogP contribution is -2.03. The third kappa shape index (κ3) is 4.36. The molecule has 0 unspecified atom stereocenters. The summed E-state index contributed by atoms with van der Waals surface area (Å²) in [6.07, 6.45) is 8.72. The third-order valence-electron chi connectivity index (χ3n) is 2.43. The molecule has 1 aromatic carbocycles. The van der Waals surface area contributed by atoms with Crippen LogP contribution in [-0.2, 0) is 4.74 Å². The highest BCUT2D eigenvalue weighted by Crippen LogP contribution is 2.08. The third-order valence-corrected chi connectivity index (χ3v) is 2.43. The normalized spacial score (nSPS) is 8.89. The van der Waals surface area contributed by atoms with E-state index in [1.54, 1.807) is 12.1 Å². The fourth-order valence-corrected chi connectivity index (χ4v) is 1.48. The Bertz CT molecular complexity index is 498. The maximum Gasteiger partial charge on any atom is 0.339 e. The Morgan fingerprint density at radius 1 is 1.28 bits per heavy atom. The molecule has 0 amide bonds. The van der Waals surface area contributed by atoms with Crippen LogP contribution < -0.4 is 0 Å². The Balaban J connectivity index is 2.65. The predicted molar refractivity (Wildman–Crippen MR) is 72.0 cm³/mol. The van der Waals surface area contributed by atoms with Crippen LogP contribution in [0.15, 0.2) is 24.3 Å². The molecule has 0 fully saturated rings. The second kappa shape index (κ2) is 7.98. The van der Waals surface area contributed by atoms with E-state index >= 15 is 0 Å². The van der Waals surface area contributed by atoms with Crippen LogP contribution >= 0.6 is 0 Å². The summed E-state index contributed by atoms with van der Waals surface area (Å²) < 4.78 is 4.71. The fraction of sp³-hybridized carbons (Fsp3) is 0.312. The molecule has 0 atom stereocenters. The van der Waals surface area contributed by atoms with Gasteiger partial charge in [0.15, 0.2) is 0 Å². The first kappa shape index (κ1) is 13.9. The van der Waals surface area contributed by atoms with Gasteiger partial charge in [0.25, 0.3) is 0 Å². The first-order valence-corrected chi connectivity index (χ1v) is 5.89. The standard InChI is InChI=1S/C16H16O2/c1-3-4-5-6-7-8-11-14-12-9-10-13-15(14)16(17)18-2/h1,9-10,12-13H,4-7H2,2H3. The molecule has 2 heteroatoms. The molecule has 0 bridgehead atoms. The first-order valence-electron chi connectivity index (χ1n) is 5.89. The average Bonchev–Trinajstić information content (AvgIpc) is 2.42. The Kier molecular flexibility index (Phi) is 6.15. The number of esters is 1. The summed E-state index contributed by atoms with van der Waals surface area (Å²) in [7, 11) is 1.37. The number of hydrogen-bond acceptors (Lipinski definition) is 2. The van der Waals surface area contributed by atoms with Gasteiger partial charge in [-0.2, -0.15) is 0 Å². The van der Waals surface area contributed by atoms with Crippen LogP contribution in [0.3, 0.4) is 0 Å². The summed E-state index contributed by atoms with van der Waals surface area (Å²) in [5.74, 6) is 8.30. The summed E-state index contributed by atoms with van der Waals surface area (Å²) in [5, 5.41) is 0. The number of ether oxygens (including phenoxy) is 1. The molecule has 1 aromatic rings. The van der Waals surface area contributed by atoms with Crippen molar-refractivity contribution in [2.45, 2.75) is 25.7 Å². The quantitative estimate of drug-likeness (QED) is 0.459. The number of carbonyl (C=O) groups excluding carboxylic acids is 1. The summed E-state index contributed by atoms with van der Waals surface area (Å²) in [6.45, 7) is 0. The van der Waals surface area contributed by atoms with E-state index < -0.39 is 0 Å². The zero-order chi connectivity index (χ0) is 13.2. The topological polar surface area (TPSA) is 26.3 Å². The van der Waals surface area contributed by atoms with Gasteiger partial charge in [0.2, 0.25) is 0 Å². The number of rotatable bonds is 4. The van der Waals surface area contributed by atoms with Crippen molar-refractivity contribution in [3.63, 3.8) is 0 Å². The van der Waals surface area contributed by atoms with Gasteiger partial charge in [-0.15, -0.1) is 12.3 Å². The van der Waals surface area contributed by atoms with Gasteiger partial charge in [-0.3, -0.25) is 0 Å². The van der Waals surface area contributed by atoms with Gasteiger partial charge in [-0.1, -0.05) is 24.0 Å². The van der Waals surface area contributed by atoms with E-state index in [4.69, 9.17) is 11.2 Å². The highest BCUT2D eigenvalue weighted by molar-refractivity contribution is 5.92. The maximum absolute atomic E-state index is 11.5. The minimum atomic E-state index is -0.354. The SMILES string of the molecule is C#CCCCCC#Cc1ccccc1C(=O)OC. The van der Waals surface area contributed by atoms with Crippen LogP contribution in [0.2, 0.25) is 0 Å². The van der Waals surface area contributed by atoms with Crippen LogP contribution in [0, 0.1) is 24.2 Å². The van der Waals surface area contributed by atoms with Crippen molar-refractivity contribution in [3.8, 4) is 24.2 Å². The highest BCUT2D eigenvalue weighted by Gasteiger charge is 2.08. The fourth-order valence-electron chi connectivity index (χ4n) is 1.48. The van der Waals surface area contributed by atoms with Gasteiger partial charge in [0.1, 0.15) is 0 Å². The van der Waals surface area contributed by atoms with Crippen LogP contribution in [0.25, 0.3) is 0 Å². The molecular formula is C16H16O2. The Morgan fingerprint density at radius 2 is 2.00 bits per heavy atom. The first-order chi connectivity index (χ1) is 8.79. The Morgan fingerprint density at radius 3 is 2.72 bits per heavy atom. The molecule has 0 aliphatic carbocycles. The van der Waals surface area contributed by atoms with Crippen LogP contribution in [0.4, 0.5) is 0 Å². The second-order valence-electron chi connectivity index (χ2n) is 3.75. The molecule has 0 aromatic heterocycles. The van der Waals surface area contributed by atoms with Gasteiger partial charge in [-0.05, 0) is 25.0 Å². The number of terminal acetylenes is 1.